The van der Waals surface area contributed by atoms with Gasteiger partial charge < -0.3 is 26.6 Å². The molecule has 0 saturated heterocycles. The van der Waals surface area contributed by atoms with Gasteiger partial charge >= 0.3 is 5.97 Å². The number of phenols is 1. The number of aliphatic carboxylic acids is 1. The maximum atomic E-state index is 13.1. The zero-order valence-corrected chi connectivity index (χ0v) is 19.1. The van der Waals surface area contributed by atoms with Crippen LogP contribution in [-0.4, -0.2) is 46.1 Å². The zero-order valence-electron chi connectivity index (χ0n) is 19.1. The van der Waals surface area contributed by atoms with Crippen LogP contribution in [0.25, 0.3) is 0 Å². The van der Waals surface area contributed by atoms with Crippen LogP contribution in [0.5, 0.6) is 5.75 Å². The molecule has 6 N–H and O–H groups in total. The second-order valence-electron chi connectivity index (χ2n) is 8.32. The van der Waals surface area contributed by atoms with Gasteiger partial charge in [0.25, 0.3) is 0 Å². The van der Waals surface area contributed by atoms with Crippen LogP contribution in [0.4, 0.5) is 0 Å². The van der Waals surface area contributed by atoms with Gasteiger partial charge in [-0.15, -0.1) is 0 Å². The Balaban J connectivity index is 1.72. The quantitative estimate of drug-likeness (QED) is 0.286. The molecule has 8 heteroatoms. The van der Waals surface area contributed by atoms with Crippen molar-refractivity contribution in [2.24, 2.45) is 5.73 Å². The summed E-state index contributed by atoms with van der Waals surface area (Å²) in [7, 11) is 0. The fraction of sp³-hybridized carbons (Fsp3) is 0.222. The maximum Gasteiger partial charge on any atom is 0.326 e. The summed E-state index contributed by atoms with van der Waals surface area (Å²) in [5.41, 5.74) is 8.40. The van der Waals surface area contributed by atoms with Gasteiger partial charge in [-0.2, -0.15) is 0 Å². The minimum absolute atomic E-state index is 0.105. The van der Waals surface area contributed by atoms with Crippen LogP contribution in [0.1, 0.15) is 16.7 Å². The Morgan fingerprint density at radius 3 is 1.63 bits per heavy atom. The molecule has 2 amide bonds. The number of rotatable bonds is 11. The monoisotopic (exact) mass is 475 g/mol. The van der Waals surface area contributed by atoms with Gasteiger partial charge in [-0.1, -0.05) is 72.8 Å². The first-order valence-corrected chi connectivity index (χ1v) is 11.3. The molecule has 3 atom stereocenters. The van der Waals surface area contributed by atoms with E-state index in [0.29, 0.717) is 0 Å². The highest BCUT2D eigenvalue weighted by molar-refractivity contribution is 5.92. The maximum absolute atomic E-state index is 13.1. The van der Waals surface area contributed by atoms with Crippen molar-refractivity contribution in [3.8, 4) is 5.75 Å². The van der Waals surface area contributed by atoms with Crippen molar-refractivity contribution < 1.29 is 24.6 Å². The number of aromatic hydroxyl groups is 1. The number of carboxylic acid groups (broad SMARTS) is 1. The molecule has 3 rings (SSSR count). The van der Waals surface area contributed by atoms with E-state index >= 15 is 0 Å². The molecule has 0 spiro atoms. The number of carbonyl (C=O) groups is 3. The first kappa shape index (κ1) is 25.5. The Labute approximate surface area is 203 Å². The minimum Gasteiger partial charge on any atom is -0.508 e. The van der Waals surface area contributed by atoms with E-state index in [1.54, 1.807) is 36.4 Å². The van der Waals surface area contributed by atoms with Crippen molar-refractivity contribution in [1.82, 2.24) is 10.6 Å². The van der Waals surface area contributed by atoms with E-state index in [-0.39, 0.29) is 25.0 Å². The van der Waals surface area contributed by atoms with Crippen molar-refractivity contribution in [2.45, 2.75) is 37.4 Å². The fourth-order valence-electron chi connectivity index (χ4n) is 3.64. The lowest BCUT2D eigenvalue weighted by atomic mass is 10.0. The highest BCUT2D eigenvalue weighted by atomic mass is 16.4. The van der Waals surface area contributed by atoms with Gasteiger partial charge in [-0.25, -0.2) is 4.79 Å². The van der Waals surface area contributed by atoms with E-state index in [2.05, 4.69) is 10.6 Å². The van der Waals surface area contributed by atoms with E-state index in [1.807, 2.05) is 36.4 Å². The number of phenolic OH excluding ortho intramolecular Hbond substituents is 1. The lowest BCUT2D eigenvalue weighted by Crippen LogP contribution is -2.55. The smallest absolute Gasteiger partial charge is 0.326 e. The average Bonchev–Trinajstić information content (AvgIpc) is 2.85. The van der Waals surface area contributed by atoms with Crippen LogP contribution in [0.15, 0.2) is 84.9 Å². The third-order valence-electron chi connectivity index (χ3n) is 5.54. The van der Waals surface area contributed by atoms with Gasteiger partial charge in [0, 0.05) is 12.8 Å². The Bertz CT molecular complexity index is 1120. The lowest BCUT2D eigenvalue weighted by Gasteiger charge is -2.23. The van der Waals surface area contributed by atoms with Crippen molar-refractivity contribution in [2.75, 3.05) is 0 Å². The van der Waals surface area contributed by atoms with Crippen LogP contribution >= 0.6 is 0 Å². The molecule has 0 aliphatic rings. The summed E-state index contributed by atoms with van der Waals surface area (Å²) >= 11 is 0. The van der Waals surface area contributed by atoms with E-state index in [1.165, 1.54) is 12.1 Å². The summed E-state index contributed by atoms with van der Waals surface area (Å²) < 4.78 is 0. The van der Waals surface area contributed by atoms with Gasteiger partial charge in [0.1, 0.15) is 17.8 Å². The van der Waals surface area contributed by atoms with E-state index in [0.717, 1.165) is 16.7 Å². The second kappa shape index (κ2) is 12.3. The molecular weight excluding hydrogens is 446 g/mol. The van der Waals surface area contributed by atoms with Crippen LogP contribution < -0.4 is 16.4 Å². The summed E-state index contributed by atoms with van der Waals surface area (Å²) in [5.74, 6) is -2.21. The van der Waals surface area contributed by atoms with E-state index < -0.39 is 35.9 Å². The fourth-order valence-corrected chi connectivity index (χ4v) is 3.64. The normalized spacial score (nSPS) is 13.3. The third-order valence-corrected chi connectivity index (χ3v) is 5.54. The van der Waals surface area contributed by atoms with Crippen molar-refractivity contribution in [1.29, 1.82) is 0 Å². The average molecular weight is 476 g/mol. The van der Waals surface area contributed by atoms with Gasteiger partial charge in [0.2, 0.25) is 11.8 Å². The molecule has 0 aliphatic carbocycles. The Morgan fingerprint density at radius 1 is 0.657 bits per heavy atom. The summed E-state index contributed by atoms with van der Waals surface area (Å²) in [6.07, 6.45) is 0.480. The molecule has 0 saturated carbocycles. The SMILES string of the molecule is N[C@H](Cc1ccc(O)cc1)C(=O)N[C@@H](Cc1ccccc1)C(=O)N[C@@H](Cc1ccccc1)C(=O)O. The molecule has 182 valence electrons. The Hall–Kier alpha value is -4.17. The van der Waals surface area contributed by atoms with Gasteiger partial charge in [-0.05, 0) is 35.2 Å². The van der Waals surface area contributed by atoms with E-state index in [4.69, 9.17) is 5.73 Å². The summed E-state index contributed by atoms with van der Waals surface area (Å²) in [5, 5.41) is 24.3. The molecule has 0 bridgehead atoms. The largest absolute Gasteiger partial charge is 0.508 e. The van der Waals surface area contributed by atoms with Gasteiger partial charge in [-0.3, -0.25) is 9.59 Å². The van der Waals surface area contributed by atoms with Crippen LogP contribution in [0.3, 0.4) is 0 Å². The second-order valence-corrected chi connectivity index (χ2v) is 8.32. The molecule has 0 fully saturated rings. The number of nitrogens with two attached hydrogens (primary N) is 1. The number of hydrogen-bond acceptors (Lipinski definition) is 5. The molecule has 8 nitrogen and oxygen atoms in total. The summed E-state index contributed by atoms with van der Waals surface area (Å²) in [6.45, 7) is 0. The number of nitrogens with one attached hydrogen (secondary N) is 2. The Morgan fingerprint density at radius 2 is 1.11 bits per heavy atom. The number of hydrogen-bond donors (Lipinski definition) is 5. The van der Waals surface area contributed by atoms with Gasteiger partial charge in [0.05, 0.1) is 6.04 Å². The van der Waals surface area contributed by atoms with Crippen molar-refractivity contribution in [3.05, 3.63) is 102 Å². The first-order valence-electron chi connectivity index (χ1n) is 11.3. The van der Waals surface area contributed by atoms with Gasteiger partial charge in [0.15, 0.2) is 0 Å². The minimum atomic E-state index is -1.17. The number of carbonyl (C=O) groups excluding carboxylic acids is 2. The molecule has 0 unspecified atom stereocenters. The zero-order chi connectivity index (χ0) is 25.2. The number of amides is 2. The number of benzene rings is 3. The molecule has 0 aromatic heterocycles. The Kier molecular flexibility index (Phi) is 8.97. The molecule has 3 aromatic rings. The topological polar surface area (TPSA) is 142 Å². The molecule has 0 heterocycles. The van der Waals surface area contributed by atoms with Crippen LogP contribution in [-0.2, 0) is 33.6 Å². The van der Waals surface area contributed by atoms with Crippen LogP contribution in [0.2, 0.25) is 0 Å². The molecule has 0 radical (unpaired) electrons. The van der Waals surface area contributed by atoms with Crippen molar-refractivity contribution >= 4 is 17.8 Å². The van der Waals surface area contributed by atoms with Crippen molar-refractivity contribution in [3.63, 3.8) is 0 Å². The standard InChI is InChI=1S/C27H29N3O5/c28-22(15-20-11-13-21(31)14-12-20)25(32)29-23(16-18-7-3-1-4-8-18)26(33)30-24(27(34)35)17-19-9-5-2-6-10-19/h1-14,22-24,31H,15-17,28H2,(H,29,32)(H,30,33)(H,34,35)/t22-,23+,24+/m1/s1. The predicted octanol–water partition coefficient (Wildman–Crippen LogP) is 1.80. The van der Waals surface area contributed by atoms with Crippen LogP contribution in [0, 0.1) is 0 Å². The lowest BCUT2D eigenvalue weighted by molar-refractivity contribution is -0.142. The molecule has 3 aromatic carbocycles. The predicted molar refractivity (Wildman–Crippen MR) is 132 cm³/mol. The molecule has 0 aliphatic heterocycles. The molecular formula is C27H29N3O5. The van der Waals surface area contributed by atoms with E-state index in [9.17, 15) is 24.6 Å². The molecule has 35 heavy (non-hydrogen) atoms. The number of carboxylic acids is 1. The summed E-state index contributed by atoms with van der Waals surface area (Å²) in [4.78, 5) is 37.8. The first-order chi connectivity index (χ1) is 16.8. The highest BCUT2D eigenvalue weighted by Crippen LogP contribution is 2.12. The summed E-state index contributed by atoms with van der Waals surface area (Å²) in [6, 6.07) is 21.3. The highest BCUT2D eigenvalue weighted by Gasteiger charge is 2.28. The third kappa shape index (κ3) is 7.97.